The first-order valence-electron chi connectivity index (χ1n) is 7.81. The third-order valence-corrected chi connectivity index (χ3v) is 4.68. The van der Waals surface area contributed by atoms with E-state index in [-0.39, 0.29) is 5.60 Å². The van der Waals surface area contributed by atoms with Crippen LogP contribution in [-0.2, 0) is 9.47 Å². The van der Waals surface area contributed by atoms with E-state index in [1.165, 1.54) is 0 Å². The van der Waals surface area contributed by atoms with E-state index in [4.69, 9.17) is 13.9 Å². The summed E-state index contributed by atoms with van der Waals surface area (Å²) in [6.07, 6.45) is 6.03. The highest BCUT2D eigenvalue weighted by atomic mass is 16.5. The van der Waals surface area contributed by atoms with Crippen LogP contribution in [0.2, 0.25) is 0 Å². The van der Waals surface area contributed by atoms with Crippen LogP contribution in [0, 0.1) is 5.92 Å². The third kappa shape index (κ3) is 2.92. The van der Waals surface area contributed by atoms with Crippen LogP contribution in [0.5, 0.6) is 0 Å². The van der Waals surface area contributed by atoms with Crippen LogP contribution in [0.15, 0.2) is 22.8 Å². The molecule has 3 rings (SSSR count). The zero-order valence-electron chi connectivity index (χ0n) is 12.3. The van der Waals surface area contributed by atoms with Gasteiger partial charge in [0.15, 0.2) is 0 Å². The van der Waals surface area contributed by atoms with Crippen LogP contribution in [0.25, 0.3) is 0 Å². The zero-order valence-corrected chi connectivity index (χ0v) is 12.3. The second-order valence-electron chi connectivity index (χ2n) is 5.95. The zero-order chi connectivity index (χ0) is 13.8. The fraction of sp³-hybridized carbons (Fsp3) is 0.750. The average Bonchev–Trinajstić information content (AvgIpc) is 2.99. The summed E-state index contributed by atoms with van der Waals surface area (Å²) in [5.74, 6) is 1.63. The molecule has 0 saturated carbocycles. The predicted molar refractivity (Wildman–Crippen MR) is 76.6 cm³/mol. The van der Waals surface area contributed by atoms with Crippen LogP contribution in [0.1, 0.15) is 44.4 Å². The highest BCUT2D eigenvalue weighted by Crippen LogP contribution is 2.41. The molecule has 2 atom stereocenters. The molecular formula is C16H25NO3. The Kier molecular flexibility index (Phi) is 4.44. The van der Waals surface area contributed by atoms with Crippen LogP contribution in [-0.4, -0.2) is 32.0 Å². The van der Waals surface area contributed by atoms with Crippen molar-refractivity contribution in [2.24, 2.45) is 5.92 Å². The van der Waals surface area contributed by atoms with Gasteiger partial charge in [0, 0.05) is 19.8 Å². The molecule has 2 saturated heterocycles. The van der Waals surface area contributed by atoms with Gasteiger partial charge in [0.2, 0.25) is 0 Å². The number of rotatable bonds is 4. The molecule has 4 nitrogen and oxygen atoms in total. The molecule has 2 aliphatic heterocycles. The molecule has 0 aliphatic carbocycles. The topological polar surface area (TPSA) is 43.6 Å². The van der Waals surface area contributed by atoms with Crippen LogP contribution >= 0.6 is 0 Å². The summed E-state index contributed by atoms with van der Waals surface area (Å²) in [5.41, 5.74) is 0.0431. The van der Waals surface area contributed by atoms with Crippen molar-refractivity contribution in [3.8, 4) is 0 Å². The van der Waals surface area contributed by atoms with E-state index in [9.17, 15) is 0 Å². The van der Waals surface area contributed by atoms with Gasteiger partial charge in [-0.05, 0) is 50.3 Å². The van der Waals surface area contributed by atoms with E-state index in [2.05, 4.69) is 18.3 Å². The van der Waals surface area contributed by atoms with Gasteiger partial charge in [0.05, 0.1) is 17.9 Å². The van der Waals surface area contributed by atoms with Crippen LogP contribution < -0.4 is 5.32 Å². The molecule has 0 bridgehead atoms. The first-order valence-corrected chi connectivity index (χ1v) is 7.81. The third-order valence-electron chi connectivity index (χ3n) is 4.68. The van der Waals surface area contributed by atoms with Crippen molar-refractivity contribution in [1.82, 2.24) is 5.32 Å². The summed E-state index contributed by atoms with van der Waals surface area (Å²) in [5, 5.41) is 3.60. The first-order chi connectivity index (χ1) is 9.83. The Bertz CT molecular complexity index is 392. The summed E-state index contributed by atoms with van der Waals surface area (Å²) >= 11 is 0. The summed E-state index contributed by atoms with van der Waals surface area (Å²) in [4.78, 5) is 0. The number of ether oxygens (including phenoxy) is 2. The van der Waals surface area contributed by atoms with Gasteiger partial charge in [-0.3, -0.25) is 0 Å². The molecule has 1 spiro atoms. The molecular weight excluding hydrogens is 254 g/mol. The molecule has 0 aromatic carbocycles. The lowest BCUT2D eigenvalue weighted by molar-refractivity contribution is -0.150. The van der Waals surface area contributed by atoms with E-state index in [1.807, 2.05) is 6.07 Å². The summed E-state index contributed by atoms with van der Waals surface area (Å²) in [7, 11) is 0. The predicted octanol–water partition coefficient (Wildman–Crippen LogP) is 2.91. The van der Waals surface area contributed by atoms with Gasteiger partial charge in [-0.2, -0.15) is 0 Å². The van der Waals surface area contributed by atoms with Crippen molar-refractivity contribution in [3.63, 3.8) is 0 Å². The average molecular weight is 279 g/mol. The Morgan fingerprint density at radius 1 is 1.35 bits per heavy atom. The molecule has 2 aliphatic rings. The van der Waals surface area contributed by atoms with E-state index < -0.39 is 0 Å². The van der Waals surface area contributed by atoms with Gasteiger partial charge in [-0.1, -0.05) is 6.92 Å². The van der Waals surface area contributed by atoms with E-state index >= 15 is 0 Å². The minimum absolute atomic E-state index is 0.0431. The Balaban J connectivity index is 1.73. The number of hydrogen-bond acceptors (Lipinski definition) is 4. The van der Waals surface area contributed by atoms with Gasteiger partial charge < -0.3 is 19.2 Å². The molecule has 3 heterocycles. The van der Waals surface area contributed by atoms with E-state index in [1.54, 1.807) is 6.26 Å². The van der Waals surface area contributed by atoms with E-state index in [0.29, 0.717) is 12.0 Å². The normalized spacial score (nSPS) is 27.6. The number of furan rings is 1. The molecule has 20 heavy (non-hydrogen) atoms. The quantitative estimate of drug-likeness (QED) is 0.920. The van der Waals surface area contributed by atoms with Gasteiger partial charge in [-0.25, -0.2) is 0 Å². The molecule has 112 valence electrons. The summed E-state index contributed by atoms with van der Waals surface area (Å²) in [6.45, 7) is 5.63. The fourth-order valence-corrected chi connectivity index (χ4v) is 3.63. The maximum absolute atomic E-state index is 6.14. The van der Waals surface area contributed by atoms with Gasteiger partial charge in [0.25, 0.3) is 0 Å². The van der Waals surface area contributed by atoms with Crippen molar-refractivity contribution in [2.45, 2.75) is 44.2 Å². The highest BCUT2D eigenvalue weighted by molar-refractivity contribution is 5.07. The smallest absolute Gasteiger partial charge is 0.120 e. The summed E-state index contributed by atoms with van der Waals surface area (Å²) < 4.78 is 17.3. The Labute approximate surface area is 120 Å². The van der Waals surface area contributed by atoms with Crippen LogP contribution in [0.4, 0.5) is 0 Å². The van der Waals surface area contributed by atoms with Crippen molar-refractivity contribution in [1.29, 1.82) is 0 Å². The fourth-order valence-electron chi connectivity index (χ4n) is 3.63. The lowest BCUT2D eigenvalue weighted by Crippen LogP contribution is -2.46. The van der Waals surface area contributed by atoms with Gasteiger partial charge >= 0.3 is 0 Å². The Morgan fingerprint density at radius 3 is 2.90 bits per heavy atom. The number of nitrogens with one attached hydrogen (secondary N) is 1. The van der Waals surface area contributed by atoms with E-state index in [0.717, 1.165) is 57.8 Å². The molecule has 2 unspecified atom stereocenters. The van der Waals surface area contributed by atoms with Gasteiger partial charge in [0.1, 0.15) is 5.76 Å². The first kappa shape index (κ1) is 14.1. The molecule has 1 aromatic rings. The second kappa shape index (κ2) is 6.29. The van der Waals surface area contributed by atoms with Crippen molar-refractivity contribution < 1.29 is 13.9 Å². The second-order valence-corrected chi connectivity index (χ2v) is 5.95. The minimum Gasteiger partial charge on any atom is -0.468 e. The van der Waals surface area contributed by atoms with Gasteiger partial charge in [-0.15, -0.1) is 0 Å². The lowest BCUT2D eigenvalue weighted by Gasteiger charge is -2.45. The number of hydrogen-bond donors (Lipinski definition) is 1. The molecule has 4 heteroatoms. The SMILES string of the molecule is CCNC(c1ccco1)C1CCOC2(CCOCC2)C1. The largest absolute Gasteiger partial charge is 0.468 e. The summed E-state index contributed by atoms with van der Waals surface area (Å²) in [6, 6.07) is 4.36. The maximum Gasteiger partial charge on any atom is 0.120 e. The highest BCUT2D eigenvalue weighted by Gasteiger charge is 2.41. The maximum atomic E-state index is 6.14. The minimum atomic E-state index is 0.0431. The molecule has 2 fully saturated rings. The standard InChI is InChI=1S/C16H25NO3/c1-2-17-15(14-4-3-8-19-14)13-5-9-20-16(12-13)6-10-18-11-7-16/h3-4,8,13,15,17H,2,5-7,9-12H2,1H3. The molecule has 0 amide bonds. The monoisotopic (exact) mass is 279 g/mol. The van der Waals surface area contributed by atoms with Crippen molar-refractivity contribution in [2.75, 3.05) is 26.4 Å². The molecule has 0 radical (unpaired) electrons. The Morgan fingerprint density at radius 2 is 2.20 bits per heavy atom. The molecule has 1 aromatic heterocycles. The lowest BCUT2D eigenvalue weighted by atomic mass is 9.77. The Hall–Kier alpha value is -0.840. The van der Waals surface area contributed by atoms with Crippen molar-refractivity contribution in [3.05, 3.63) is 24.2 Å². The molecule has 1 N–H and O–H groups in total. The van der Waals surface area contributed by atoms with Crippen LogP contribution in [0.3, 0.4) is 0 Å². The van der Waals surface area contributed by atoms with Crippen molar-refractivity contribution >= 4 is 0 Å².